The van der Waals surface area contributed by atoms with Crippen molar-refractivity contribution in [1.29, 1.82) is 0 Å². The second-order valence-electron chi connectivity index (χ2n) is 3.36. The summed E-state index contributed by atoms with van der Waals surface area (Å²) in [5, 5.41) is 3.51. The van der Waals surface area contributed by atoms with Crippen molar-refractivity contribution < 1.29 is 19.2 Å². The minimum absolute atomic E-state index is 0.0112. The molecular formula is C10H15NO4. The highest BCUT2D eigenvalue weighted by molar-refractivity contribution is 6.39. The van der Waals surface area contributed by atoms with Crippen LogP contribution >= 0.6 is 0 Å². The monoisotopic (exact) mass is 213 g/mol. The fourth-order valence-corrected chi connectivity index (χ4v) is 1.18. The largest absolute Gasteiger partial charge is 0.461 e. The molecule has 0 radical (unpaired) electrons. The van der Waals surface area contributed by atoms with E-state index < -0.39 is 5.97 Å². The first-order chi connectivity index (χ1) is 7.19. The summed E-state index contributed by atoms with van der Waals surface area (Å²) in [6.45, 7) is 1.96. The van der Waals surface area contributed by atoms with E-state index in [2.05, 4.69) is 9.99 Å². The highest BCUT2D eigenvalue weighted by Crippen LogP contribution is 2.30. The summed E-state index contributed by atoms with van der Waals surface area (Å²) in [6, 6.07) is 0. The van der Waals surface area contributed by atoms with E-state index in [1.807, 2.05) is 0 Å². The Labute approximate surface area is 88.4 Å². The van der Waals surface area contributed by atoms with Crippen LogP contribution < -0.4 is 0 Å². The van der Waals surface area contributed by atoms with E-state index in [-0.39, 0.29) is 30.4 Å². The van der Waals surface area contributed by atoms with Crippen molar-refractivity contribution in [3.63, 3.8) is 0 Å². The topological polar surface area (TPSA) is 65.0 Å². The number of oxime groups is 1. The zero-order valence-electron chi connectivity index (χ0n) is 8.99. The Morgan fingerprint density at radius 1 is 1.40 bits per heavy atom. The highest BCUT2D eigenvalue weighted by atomic mass is 16.6. The highest BCUT2D eigenvalue weighted by Gasteiger charge is 2.31. The number of carbonyl (C=O) groups is 2. The summed E-state index contributed by atoms with van der Waals surface area (Å²) < 4.78 is 4.76. The predicted octanol–water partition coefficient (Wildman–Crippen LogP) is 0.921. The maximum absolute atomic E-state index is 11.5. The van der Waals surface area contributed by atoms with Crippen molar-refractivity contribution in [2.45, 2.75) is 26.2 Å². The maximum Gasteiger partial charge on any atom is 0.356 e. The molecule has 0 heterocycles. The van der Waals surface area contributed by atoms with Gasteiger partial charge in [-0.3, -0.25) is 4.79 Å². The van der Waals surface area contributed by atoms with Gasteiger partial charge in [0.2, 0.25) is 0 Å². The van der Waals surface area contributed by atoms with Gasteiger partial charge in [-0.25, -0.2) is 4.79 Å². The predicted molar refractivity (Wildman–Crippen MR) is 53.4 cm³/mol. The molecule has 0 aliphatic heterocycles. The molecule has 0 amide bonds. The molecule has 0 unspecified atom stereocenters. The number of nitrogens with zero attached hydrogens (tertiary/aromatic N) is 1. The molecule has 5 nitrogen and oxygen atoms in total. The van der Waals surface area contributed by atoms with Gasteiger partial charge in [0.05, 0.1) is 13.0 Å². The number of rotatable bonds is 6. The van der Waals surface area contributed by atoms with Crippen molar-refractivity contribution in [2.75, 3.05) is 13.7 Å². The SMILES string of the molecule is CCOC(=O)/C(CC(=O)C1CC1)=N\OC. The van der Waals surface area contributed by atoms with Gasteiger partial charge in [-0.05, 0) is 19.8 Å². The lowest BCUT2D eigenvalue weighted by molar-refractivity contribution is -0.136. The first-order valence-corrected chi connectivity index (χ1v) is 4.98. The van der Waals surface area contributed by atoms with Crippen LogP contribution in [0, 0.1) is 5.92 Å². The van der Waals surface area contributed by atoms with E-state index >= 15 is 0 Å². The van der Waals surface area contributed by atoms with Crippen molar-refractivity contribution in [1.82, 2.24) is 0 Å². The van der Waals surface area contributed by atoms with Gasteiger partial charge >= 0.3 is 5.97 Å². The summed E-state index contributed by atoms with van der Waals surface area (Å²) >= 11 is 0. The van der Waals surface area contributed by atoms with E-state index in [1.165, 1.54) is 7.11 Å². The van der Waals surface area contributed by atoms with Gasteiger partial charge in [0.25, 0.3) is 0 Å². The van der Waals surface area contributed by atoms with Gasteiger partial charge in [-0.2, -0.15) is 0 Å². The number of ether oxygens (including phenoxy) is 1. The smallest absolute Gasteiger partial charge is 0.356 e. The van der Waals surface area contributed by atoms with Crippen molar-refractivity contribution in [2.24, 2.45) is 11.1 Å². The van der Waals surface area contributed by atoms with Crippen molar-refractivity contribution in [3.05, 3.63) is 0 Å². The molecule has 0 aromatic carbocycles. The minimum atomic E-state index is -0.576. The Kier molecular flexibility index (Phi) is 4.27. The van der Waals surface area contributed by atoms with E-state index in [0.717, 1.165) is 12.8 Å². The molecule has 0 spiro atoms. The molecule has 0 bridgehead atoms. The number of ketones is 1. The van der Waals surface area contributed by atoms with Crippen LogP contribution in [0.2, 0.25) is 0 Å². The first-order valence-electron chi connectivity index (χ1n) is 4.98. The number of carbonyl (C=O) groups excluding carboxylic acids is 2. The van der Waals surface area contributed by atoms with Crippen LogP contribution in [0.1, 0.15) is 26.2 Å². The summed E-state index contributed by atoms with van der Waals surface area (Å²) in [4.78, 5) is 27.3. The van der Waals surface area contributed by atoms with E-state index in [1.54, 1.807) is 6.92 Å². The molecule has 0 aromatic heterocycles. The van der Waals surface area contributed by atoms with Crippen LogP contribution in [-0.4, -0.2) is 31.2 Å². The summed E-state index contributed by atoms with van der Waals surface area (Å²) in [5.41, 5.74) is 0.0521. The van der Waals surface area contributed by atoms with Crippen LogP contribution in [0.5, 0.6) is 0 Å². The number of esters is 1. The lowest BCUT2D eigenvalue weighted by atomic mass is 10.1. The first kappa shape index (κ1) is 11.7. The Hall–Kier alpha value is -1.39. The van der Waals surface area contributed by atoms with Crippen molar-refractivity contribution >= 4 is 17.5 Å². The molecule has 1 aliphatic carbocycles. The molecule has 15 heavy (non-hydrogen) atoms. The minimum Gasteiger partial charge on any atom is -0.461 e. The lowest BCUT2D eigenvalue weighted by Crippen LogP contribution is -2.22. The zero-order chi connectivity index (χ0) is 11.3. The van der Waals surface area contributed by atoms with E-state index in [4.69, 9.17) is 4.74 Å². The molecule has 5 heteroatoms. The maximum atomic E-state index is 11.5. The van der Waals surface area contributed by atoms with Crippen LogP contribution in [0.25, 0.3) is 0 Å². The standard InChI is InChI=1S/C10H15NO4/c1-3-15-10(13)8(11-14-2)6-9(12)7-4-5-7/h7H,3-6H2,1-2H3/b11-8-. The fraction of sp³-hybridized carbons (Fsp3) is 0.700. The normalized spacial score (nSPS) is 16.0. The lowest BCUT2D eigenvalue weighted by Gasteiger charge is -2.03. The molecule has 84 valence electrons. The Bertz CT molecular complexity index is 281. The van der Waals surface area contributed by atoms with Crippen molar-refractivity contribution in [3.8, 4) is 0 Å². The molecule has 0 aromatic rings. The molecule has 0 N–H and O–H groups in total. The summed E-state index contributed by atoms with van der Waals surface area (Å²) in [6.07, 6.45) is 1.85. The van der Waals surface area contributed by atoms with E-state index in [0.29, 0.717) is 0 Å². The second-order valence-corrected chi connectivity index (χ2v) is 3.36. The average Bonchev–Trinajstić information content (AvgIpc) is 3.00. The van der Waals surface area contributed by atoms with E-state index in [9.17, 15) is 9.59 Å². The fourth-order valence-electron chi connectivity index (χ4n) is 1.18. The van der Waals surface area contributed by atoms with Crippen LogP contribution in [0.15, 0.2) is 5.16 Å². The Balaban J connectivity index is 2.53. The number of hydrogen-bond donors (Lipinski definition) is 0. The van der Waals surface area contributed by atoms with Gasteiger partial charge < -0.3 is 9.57 Å². The summed E-state index contributed by atoms with van der Waals surface area (Å²) in [5.74, 6) is -0.423. The molecular weight excluding hydrogens is 198 g/mol. The summed E-state index contributed by atoms with van der Waals surface area (Å²) in [7, 11) is 1.33. The van der Waals surface area contributed by atoms with Crippen LogP contribution in [-0.2, 0) is 19.2 Å². The molecule has 1 rings (SSSR count). The van der Waals surface area contributed by atoms with Gasteiger partial charge in [0.1, 0.15) is 12.9 Å². The quantitative estimate of drug-likeness (QED) is 0.374. The molecule has 1 aliphatic rings. The van der Waals surface area contributed by atoms with Gasteiger partial charge in [-0.1, -0.05) is 5.16 Å². The average molecular weight is 213 g/mol. The third-order valence-corrected chi connectivity index (χ3v) is 2.09. The molecule has 0 atom stereocenters. The van der Waals surface area contributed by atoms with Crippen LogP contribution in [0.3, 0.4) is 0 Å². The third-order valence-electron chi connectivity index (χ3n) is 2.09. The molecule has 0 saturated heterocycles. The van der Waals surface area contributed by atoms with Crippen LogP contribution in [0.4, 0.5) is 0 Å². The molecule has 1 saturated carbocycles. The van der Waals surface area contributed by atoms with Gasteiger partial charge in [0, 0.05) is 5.92 Å². The number of hydrogen-bond acceptors (Lipinski definition) is 5. The second kappa shape index (κ2) is 5.48. The molecule has 1 fully saturated rings. The van der Waals surface area contributed by atoms with Gasteiger partial charge in [-0.15, -0.1) is 0 Å². The Morgan fingerprint density at radius 3 is 2.53 bits per heavy atom. The van der Waals surface area contributed by atoms with Gasteiger partial charge in [0.15, 0.2) is 5.71 Å². The third kappa shape index (κ3) is 3.69. The Morgan fingerprint density at radius 2 is 2.07 bits per heavy atom. The zero-order valence-corrected chi connectivity index (χ0v) is 8.99. The number of Topliss-reactive ketones (excluding diaryl/α,β-unsaturated/α-hetero) is 1.